The van der Waals surface area contributed by atoms with Crippen LogP contribution in [-0.2, 0) is 14.4 Å². The second kappa shape index (κ2) is 14.6. The lowest BCUT2D eigenvalue weighted by atomic mass is 9.90. The van der Waals surface area contributed by atoms with Crippen LogP contribution < -0.4 is 10.6 Å². The average molecular weight is 507 g/mol. The summed E-state index contributed by atoms with van der Waals surface area (Å²) in [7, 11) is 0. The predicted molar refractivity (Wildman–Crippen MR) is 149 cm³/mol. The molecule has 5 heteroatoms. The highest BCUT2D eigenvalue weighted by molar-refractivity contribution is 5.94. The van der Waals surface area contributed by atoms with Crippen molar-refractivity contribution in [1.29, 1.82) is 0 Å². The summed E-state index contributed by atoms with van der Waals surface area (Å²) in [5.74, 6) is 1.10. The Hall–Kier alpha value is -2.27. The van der Waals surface area contributed by atoms with Crippen molar-refractivity contribution in [3.63, 3.8) is 0 Å². The Bertz CT molecular complexity index is 918. The molecule has 3 atom stereocenters. The Balaban J connectivity index is 1.03. The maximum Gasteiger partial charge on any atom is 0.219 e. The summed E-state index contributed by atoms with van der Waals surface area (Å²) in [5.41, 5.74) is 2.32. The van der Waals surface area contributed by atoms with Gasteiger partial charge >= 0.3 is 0 Å². The standard InChI is InChI=1S/C32H46N2O3/c35-28(24-15-7-3-1-2-4-8-16-24)20-11-6-12-21-29(36)33-22-14-13-19-27-32(37)30-25-17-9-5-10-18-26(23-25)31(30)34-27/h5,9-10,17-18,23-24,27,30-31,34H,1-4,6-8,11-16,19-22H2,(H,33,36)/b9-5?,10-5-,17-9-,18-10?,25-17?,26-18+. The molecule has 1 aliphatic heterocycles. The van der Waals surface area contributed by atoms with Gasteiger partial charge < -0.3 is 5.32 Å². The molecule has 4 aliphatic rings. The van der Waals surface area contributed by atoms with E-state index < -0.39 is 0 Å². The maximum atomic E-state index is 13.0. The molecule has 0 aromatic carbocycles. The zero-order chi connectivity index (χ0) is 25.9. The number of hydrogen-bond donors (Lipinski definition) is 2. The fourth-order valence-electron chi connectivity index (χ4n) is 6.43. The van der Waals surface area contributed by atoms with Crippen LogP contribution in [0.25, 0.3) is 0 Å². The van der Waals surface area contributed by atoms with Crippen LogP contribution in [0.4, 0.5) is 0 Å². The number of hydrogen-bond acceptors (Lipinski definition) is 4. The molecule has 0 spiro atoms. The molecule has 1 amide bonds. The van der Waals surface area contributed by atoms with Crippen LogP contribution in [0.15, 0.2) is 47.6 Å². The Morgan fingerprint density at radius 2 is 1.59 bits per heavy atom. The summed E-state index contributed by atoms with van der Waals surface area (Å²) in [6.07, 6.45) is 28.7. The Labute approximate surface area is 223 Å². The van der Waals surface area contributed by atoms with E-state index >= 15 is 0 Å². The monoisotopic (exact) mass is 506 g/mol. The number of nitrogens with one attached hydrogen (secondary N) is 2. The zero-order valence-corrected chi connectivity index (χ0v) is 22.5. The van der Waals surface area contributed by atoms with E-state index in [9.17, 15) is 14.4 Å². The van der Waals surface area contributed by atoms with Gasteiger partial charge in [0.2, 0.25) is 5.91 Å². The van der Waals surface area contributed by atoms with Crippen LogP contribution in [0, 0.1) is 11.8 Å². The number of carbonyl (C=O) groups is 3. The molecule has 0 aromatic heterocycles. The van der Waals surface area contributed by atoms with E-state index in [1.807, 2.05) is 18.2 Å². The fraction of sp³-hybridized carbons (Fsp3) is 0.656. The second-order valence-corrected chi connectivity index (χ2v) is 11.4. The molecule has 2 fully saturated rings. The van der Waals surface area contributed by atoms with Gasteiger partial charge in [-0.2, -0.15) is 0 Å². The van der Waals surface area contributed by atoms with Crippen molar-refractivity contribution in [1.82, 2.24) is 10.6 Å². The van der Waals surface area contributed by atoms with Gasteiger partial charge in [0, 0.05) is 31.3 Å². The third kappa shape index (κ3) is 8.10. The summed E-state index contributed by atoms with van der Waals surface area (Å²) < 4.78 is 0. The number of fused-ring (bicyclic) bond motifs is 4. The number of Topliss-reactive ketones (excluding diaryl/α,β-unsaturated/α-hetero) is 2. The third-order valence-corrected chi connectivity index (χ3v) is 8.59. The molecule has 37 heavy (non-hydrogen) atoms. The van der Waals surface area contributed by atoms with Crippen LogP contribution in [-0.4, -0.2) is 36.1 Å². The number of allylic oxidation sites excluding steroid dienone is 5. The normalized spacial score (nSPS) is 29.0. The highest BCUT2D eigenvalue weighted by atomic mass is 16.1. The molecule has 3 aliphatic carbocycles. The summed E-state index contributed by atoms with van der Waals surface area (Å²) in [4.78, 5) is 37.8. The number of ketones is 2. The van der Waals surface area contributed by atoms with Gasteiger partial charge in [-0.1, -0.05) is 81.4 Å². The van der Waals surface area contributed by atoms with Gasteiger partial charge in [-0.15, -0.1) is 0 Å². The predicted octanol–water partition coefficient (Wildman–Crippen LogP) is 6.06. The first kappa shape index (κ1) is 27.8. The van der Waals surface area contributed by atoms with E-state index in [0.717, 1.165) is 56.9 Å². The Morgan fingerprint density at radius 1 is 0.838 bits per heavy atom. The van der Waals surface area contributed by atoms with E-state index in [2.05, 4.69) is 28.9 Å². The lowest BCUT2D eigenvalue weighted by Crippen LogP contribution is -2.32. The lowest BCUT2D eigenvalue weighted by molar-refractivity contribution is -0.123. The van der Waals surface area contributed by atoms with Crippen molar-refractivity contribution < 1.29 is 14.4 Å². The summed E-state index contributed by atoms with van der Waals surface area (Å²) in [6, 6.07) is 0.0142. The fourth-order valence-corrected chi connectivity index (χ4v) is 6.43. The van der Waals surface area contributed by atoms with Crippen LogP contribution in [0.1, 0.15) is 103 Å². The van der Waals surface area contributed by atoms with Gasteiger partial charge in [0.15, 0.2) is 5.78 Å². The van der Waals surface area contributed by atoms with Crippen molar-refractivity contribution >= 4 is 17.5 Å². The lowest BCUT2D eigenvalue weighted by Gasteiger charge is -2.14. The molecule has 0 aromatic rings. The molecule has 4 rings (SSSR count). The second-order valence-electron chi connectivity index (χ2n) is 11.4. The molecule has 1 saturated carbocycles. The molecule has 1 heterocycles. The van der Waals surface area contributed by atoms with Crippen LogP contribution in [0.2, 0.25) is 0 Å². The number of carbonyl (C=O) groups excluding carboxylic acids is 3. The number of unbranched alkanes of at least 4 members (excludes halogenated alkanes) is 3. The first-order valence-electron chi connectivity index (χ1n) is 15.0. The zero-order valence-electron chi connectivity index (χ0n) is 22.5. The minimum atomic E-state index is -0.0933. The topological polar surface area (TPSA) is 75.3 Å². The molecule has 1 saturated heterocycles. The van der Waals surface area contributed by atoms with Crippen molar-refractivity contribution in [2.75, 3.05) is 6.54 Å². The van der Waals surface area contributed by atoms with Gasteiger partial charge in [0.1, 0.15) is 5.78 Å². The molecule has 202 valence electrons. The maximum absolute atomic E-state index is 13.0. The van der Waals surface area contributed by atoms with E-state index in [0.29, 0.717) is 31.0 Å². The van der Waals surface area contributed by atoms with Gasteiger partial charge in [-0.25, -0.2) is 0 Å². The quantitative estimate of drug-likeness (QED) is 0.316. The molecule has 3 unspecified atom stereocenters. The molecule has 5 nitrogen and oxygen atoms in total. The number of rotatable bonds is 12. The third-order valence-electron chi connectivity index (χ3n) is 8.59. The summed E-state index contributed by atoms with van der Waals surface area (Å²) >= 11 is 0. The SMILES string of the molecule is O=C(CCCCCC(=O)C1CCCCCCCC1)NCCCCC1NC2/C3=C/C=C\C=C/C(=C3)C2C1=O. The van der Waals surface area contributed by atoms with Crippen molar-refractivity contribution in [3.8, 4) is 0 Å². The highest BCUT2D eigenvalue weighted by Crippen LogP contribution is 2.38. The van der Waals surface area contributed by atoms with E-state index in [1.54, 1.807) is 0 Å². The average Bonchev–Trinajstić information content (AvgIpc) is 3.44. The summed E-state index contributed by atoms with van der Waals surface area (Å²) in [5, 5.41) is 6.59. The highest BCUT2D eigenvalue weighted by Gasteiger charge is 2.46. The molecular formula is C32H46N2O3. The molecule has 2 N–H and O–H groups in total. The van der Waals surface area contributed by atoms with E-state index in [1.165, 1.54) is 44.1 Å². The minimum Gasteiger partial charge on any atom is -0.356 e. The first-order chi connectivity index (χ1) is 18.1. The van der Waals surface area contributed by atoms with E-state index in [4.69, 9.17) is 0 Å². The van der Waals surface area contributed by atoms with Crippen LogP contribution >= 0.6 is 0 Å². The van der Waals surface area contributed by atoms with Crippen molar-refractivity contribution in [2.45, 2.75) is 115 Å². The summed E-state index contributed by atoms with van der Waals surface area (Å²) in [6.45, 7) is 0.663. The Kier molecular flexibility index (Phi) is 11.0. The molecular weight excluding hydrogens is 460 g/mol. The van der Waals surface area contributed by atoms with Gasteiger partial charge in [-0.3, -0.25) is 19.7 Å². The molecule has 2 bridgehead atoms. The van der Waals surface area contributed by atoms with Crippen molar-refractivity contribution in [2.24, 2.45) is 11.8 Å². The van der Waals surface area contributed by atoms with E-state index in [-0.39, 0.29) is 29.8 Å². The smallest absolute Gasteiger partial charge is 0.219 e. The first-order valence-corrected chi connectivity index (χ1v) is 15.0. The largest absolute Gasteiger partial charge is 0.356 e. The van der Waals surface area contributed by atoms with Gasteiger partial charge in [0.25, 0.3) is 0 Å². The van der Waals surface area contributed by atoms with Gasteiger partial charge in [0.05, 0.1) is 12.0 Å². The molecule has 0 radical (unpaired) electrons. The minimum absolute atomic E-state index is 0.0522. The van der Waals surface area contributed by atoms with Crippen LogP contribution in [0.3, 0.4) is 0 Å². The number of amides is 1. The Morgan fingerprint density at radius 3 is 2.41 bits per heavy atom. The van der Waals surface area contributed by atoms with Crippen molar-refractivity contribution in [3.05, 3.63) is 47.6 Å². The van der Waals surface area contributed by atoms with Crippen LogP contribution in [0.5, 0.6) is 0 Å². The van der Waals surface area contributed by atoms with Gasteiger partial charge in [-0.05, 0) is 56.1 Å².